The van der Waals surface area contributed by atoms with E-state index in [-0.39, 0.29) is 5.69 Å². The molecular formula is C18H16ClNO4. The zero-order chi connectivity index (χ0) is 17.4. The SMILES string of the molecule is O=C(C=Cc1ccc([N+](=O)[O-])cc1)OCCCc1ccc(Cl)cc1. The fraction of sp³-hybridized carbons (Fsp3) is 0.167. The Balaban J connectivity index is 1.72. The molecule has 0 aliphatic carbocycles. The zero-order valence-electron chi connectivity index (χ0n) is 12.9. The van der Waals surface area contributed by atoms with Crippen LogP contribution in [0.5, 0.6) is 0 Å². The number of ether oxygens (including phenoxy) is 1. The van der Waals surface area contributed by atoms with Crippen LogP contribution in [-0.2, 0) is 16.0 Å². The molecule has 5 nitrogen and oxygen atoms in total. The van der Waals surface area contributed by atoms with Crippen molar-refractivity contribution in [3.63, 3.8) is 0 Å². The van der Waals surface area contributed by atoms with Crippen molar-refractivity contribution in [2.24, 2.45) is 0 Å². The van der Waals surface area contributed by atoms with Crippen LogP contribution in [-0.4, -0.2) is 17.5 Å². The molecule has 2 rings (SSSR count). The largest absolute Gasteiger partial charge is 0.463 e. The van der Waals surface area contributed by atoms with Crippen LogP contribution in [0.4, 0.5) is 5.69 Å². The average Bonchev–Trinajstić information content (AvgIpc) is 2.59. The van der Waals surface area contributed by atoms with Crippen molar-refractivity contribution >= 4 is 29.3 Å². The van der Waals surface area contributed by atoms with Gasteiger partial charge < -0.3 is 4.74 Å². The van der Waals surface area contributed by atoms with Crippen molar-refractivity contribution in [2.75, 3.05) is 6.61 Å². The van der Waals surface area contributed by atoms with E-state index < -0.39 is 10.9 Å². The van der Waals surface area contributed by atoms with E-state index in [1.54, 1.807) is 18.2 Å². The maximum absolute atomic E-state index is 11.6. The molecule has 124 valence electrons. The normalized spacial score (nSPS) is 10.7. The van der Waals surface area contributed by atoms with Gasteiger partial charge in [-0.3, -0.25) is 10.1 Å². The number of rotatable bonds is 7. The summed E-state index contributed by atoms with van der Waals surface area (Å²) in [4.78, 5) is 21.7. The van der Waals surface area contributed by atoms with Crippen LogP contribution >= 0.6 is 11.6 Å². The van der Waals surface area contributed by atoms with Gasteiger partial charge in [0.2, 0.25) is 0 Å². The molecular weight excluding hydrogens is 330 g/mol. The number of non-ortho nitro benzene ring substituents is 1. The second kappa shape index (κ2) is 8.84. The van der Waals surface area contributed by atoms with E-state index in [1.807, 2.05) is 24.3 Å². The lowest BCUT2D eigenvalue weighted by Crippen LogP contribution is -2.03. The number of aryl methyl sites for hydroxylation is 1. The molecule has 0 aliphatic heterocycles. The van der Waals surface area contributed by atoms with Gasteiger partial charge in [0.05, 0.1) is 11.5 Å². The number of nitrogens with zero attached hydrogens (tertiary/aromatic N) is 1. The van der Waals surface area contributed by atoms with E-state index in [9.17, 15) is 14.9 Å². The molecule has 0 aromatic heterocycles. The number of esters is 1. The van der Waals surface area contributed by atoms with Gasteiger partial charge in [-0.15, -0.1) is 0 Å². The van der Waals surface area contributed by atoms with Crippen LogP contribution in [0.1, 0.15) is 17.5 Å². The molecule has 0 amide bonds. The van der Waals surface area contributed by atoms with E-state index in [4.69, 9.17) is 16.3 Å². The third-order valence-electron chi connectivity index (χ3n) is 3.28. The summed E-state index contributed by atoms with van der Waals surface area (Å²) in [6, 6.07) is 13.5. The first-order valence-electron chi connectivity index (χ1n) is 7.38. The lowest BCUT2D eigenvalue weighted by Gasteiger charge is -2.03. The fourth-order valence-corrected chi connectivity index (χ4v) is 2.15. The predicted molar refractivity (Wildman–Crippen MR) is 92.9 cm³/mol. The molecule has 0 fully saturated rings. The lowest BCUT2D eigenvalue weighted by molar-refractivity contribution is -0.384. The minimum absolute atomic E-state index is 0.0110. The van der Waals surface area contributed by atoms with Gasteiger partial charge >= 0.3 is 5.97 Å². The number of hydrogen-bond donors (Lipinski definition) is 0. The van der Waals surface area contributed by atoms with Crippen LogP contribution in [0.3, 0.4) is 0 Å². The monoisotopic (exact) mass is 345 g/mol. The molecule has 2 aromatic rings. The Morgan fingerprint density at radius 1 is 1.12 bits per heavy atom. The van der Waals surface area contributed by atoms with Crippen molar-refractivity contribution in [1.29, 1.82) is 0 Å². The highest BCUT2D eigenvalue weighted by Gasteiger charge is 2.03. The number of halogens is 1. The summed E-state index contributed by atoms with van der Waals surface area (Å²) in [5.41, 5.74) is 1.84. The van der Waals surface area contributed by atoms with Crippen LogP contribution in [0.25, 0.3) is 6.08 Å². The van der Waals surface area contributed by atoms with Crippen molar-refractivity contribution in [2.45, 2.75) is 12.8 Å². The summed E-state index contributed by atoms with van der Waals surface area (Å²) in [7, 11) is 0. The number of hydrogen-bond acceptors (Lipinski definition) is 4. The first kappa shape index (κ1) is 17.7. The smallest absolute Gasteiger partial charge is 0.330 e. The summed E-state index contributed by atoms with van der Waals surface area (Å²) in [5, 5.41) is 11.2. The van der Waals surface area contributed by atoms with Crippen molar-refractivity contribution in [3.05, 3.63) is 80.9 Å². The molecule has 0 spiro atoms. The molecule has 0 heterocycles. The predicted octanol–water partition coefficient (Wildman–Crippen LogP) is 4.44. The van der Waals surface area contributed by atoms with Crippen molar-refractivity contribution < 1.29 is 14.5 Å². The topological polar surface area (TPSA) is 69.4 Å². The Hall–Kier alpha value is -2.66. The van der Waals surface area contributed by atoms with Crippen LogP contribution in [0.2, 0.25) is 5.02 Å². The van der Waals surface area contributed by atoms with Gasteiger partial charge in [0, 0.05) is 23.2 Å². The second-order valence-corrected chi connectivity index (χ2v) is 5.52. The highest BCUT2D eigenvalue weighted by atomic mass is 35.5. The molecule has 24 heavy (non-hydrogen) atoms. The van der Waals surface area contributed by atoms with Crippen LogP contribution in [0, 0.1) is 10.1 Å². The Bertz CT molecular complexity index is 724. The Morgan fingerprint density at radius 3 is 2.42 bits per heavy atom. The van der Waals surface area contributed by atoms with Gasteiger partial charge in [-0.2, -0.15) is 0 Å². The summed E-state index contributed by atoms with van der Waals surface area (Å²) in [5.74, 6) is -0.440. The van der Waals surface area contributed by atoms with Gasteiger partial charge in [-0.05, 0) is 54.3 Å². The molecule has 0 unspecified atom stereocenters. The minimum Gasteiger partial charge on any atom is -0.463 e. The maximum Gasteiger partial charge on any atom is 0.330 e. The Labute approximate surface area is 144 Å². The third kappa shape index (κ3) is 5.85. The summed E-state index contributed by atoms with van der Waals surface area (Å²) < 4.78 is 5.11. The first-order chi connectivity index (χ1) is 11.5. The molecule has 0 atom stereocenters. The van der Waals surface area contributed by atoms with Gasteiger partial charge in [-0.25, -0.2) is 4.79 Å². The van der Waals surface area contributed by atoms with Gasteiger partial charge in [0.15, 0.2) is 0 Å². The fourth-order valence-electron chi connectivity index (χ4n) is 2.02. The van der Waals surface area contributed by atoms with Crippen molar-refractivity contribution in [3.8, 4) is 0 Å². The molecule has 2 aromatic carbocycles. The highest BCUT2D eigenvalue weighted by Crippen LogP contribution is 2.13. The summed E-state index contributed by atoms with van der Waals surface area (Å²) in [6.45, 7) is 0.325. The zero-order valence-corrected chi connectivity index (χ0v) is 13.6. The van der Waals surface area contributed by atoms with Crippen LogP contribution in [0.15, 0.2) is 54.6 Å². The van der Waals surface area contributed by atoms with E-state index in [0.717, 1.165) is 18.4 Å². The summed E-state index contributed by atoms with van der Waals surface area (Å²) >= 11 is 5.81. The number of benzene rings is 2. The molecule has 0 N–H and O–H groups in total. The highest BCUT2D eigenvalue weighted by molar-refractivity contribution is 6.30. The Morgan fingerprint density at radius 2 is 1.79 bits per heavy atom. The number of nitro benzene ring substituents is 1. The van der Waals surface area contributed by atoms with E-state index in [2.05, 4.69) is 0 Å². The third-order valence-corrected chi connectivity index (χ3v) is 3.54. The number of carbonyl (C=O) groups excluding carboxylic acids is 1. The van der Waals surface area contributed by atoms with E-state index in [0.29, 0.717) is 17.2 Å². The van der Waals surface area contributed by atoms with Crippen LogP contribution < -0.4 is 0 Å². The maximum atomic E-state index is 11.6. The molecule has 0 saturated heterocycles. The number of nitro groups is 1. The molecule has 0 radical (unpaired) electrons. The second-order valence-electron chi connectivity index (χ2n) is 5.08. The standard InChI is InChI=1S/C18H16ClNO4/c19-16-8-3-14(4-9-16)2-1-13-24-18(21)12-7-15-5-10-17(11-6-15)20(22)23/h3-12H,1-2,13H2. The number of carbonyl (C=O) groups is 1. The summed E-state index contributed by atoms with van der Waals surface area (Å²) in [6.07, 6.45) is 4.39. The van der Waals surface area contributed by atoms with Crippen molar-refractivity contribution in [1.82, 2.24) is 0 Å². The average molecular weight is 346 g/mol. The molecule has 6 heteroatoms. The van der Waals surface area contributed by atoms with Gasteiger partial charge in [-0.1, -0.05) is 23.7 Å². The minimum atomic E-state index is -0.470. The first-order valence-corrected chi connectivity index (χ1v) is 7.76. The quantitative estimate of drug-likeness (QED) is 0.244. The molecule has 0 saturated carbocycles. The molecule has 0 aliphatic rings. The van der Waals surface area contributed by atoms with E-state index in [1.165, 1.54) is 18.2 Å². The molecule has 0 bridgehead atoms. The lowest BCUT2D eigenvalue weighted by atomic mass is 10.1. The van der Waals surface area contributed by atoms with Gasteiger partial charge in [0.25, 0.3) is 5.69 Å². The van der Waals surface area contributed by atoms with E-state index >= 15 is 0 Å². The van der Waals surface area contributed by atoms with Gasteiger partial charge in [0.1, 0.15) is 0 Å². The Kier molecular flexibility index (Phi) is 6.51.